The van der Waals surface area contributed by atoms with E-state index in [0.29, 0.717) is 5.69 Å². The molecule has 0 amide bonds. The summed E-state index contributed by atoms with van der Waals surface area (Å²) in [6, 6.07) is 2.72. The first-order valence-corrected chi connectivity index (χ1v) is 5.15. The highest BCUT2D eigenvalue weighted by Crippen LogP contribution is 2.01. The number of halogens is 1. The maximum absolute atomic E-state index is 13.0. The van der Waals surface area contributed by atoms with E-state index in [9.17, 15) is 18.8 Å². The van der Waals surface area contributed by atoms with Gasteiger partial charge in [0.25, 0.3) is 5.56 Å². The average Bonchev–Trinajstić information content (AvgIpc) is 2.36. The van der Waals surface area contributed by atoms with E-state index in [0.717, 1.165) is 17.0 Å². The van der Waals surface area contributed by atoms with Crippen molar-refractivity contribution in [2.75, 3.05) is 0 Å². The number of nitrogens with one attached hydrogen (secondary N) is 1. The summed E-state index contributed by atoms with van der Waals surface area (Å²) in [4.78, 5) is 38.5. The summed E-state index contributed by atoms with van der Waals surface area (Å²) in [5, 5.41) is 8.69. The molecule has 0 aromatic carbocycles. The molecule has 2 N–H and O–H groups in total. The van der Waals surface area contributed by atoms with Gasteiger partial charge in [0.15, 0.2) is 0 Å². The Morgan fingerprint density at radius 1 is 1.42 bits per heavy atom. The molecule has 2 aromatic heterocycles. The maximum atomic E-state index is 13.0. The van der Waals surface area contributed by atoms with Crippen LogP contribution in [0.15, 0.2) is 34.1 Å². The van der Waals surface area contributed by atoms with Crippen molar-refractivity contribution in [2.45, 2.75) is 6.54 Å². The van der Waals surface area contributed by atoms with Crippen molar-refractivity contribution in [3.63, 3.8) is 0 Å². The zero-order chi connectivity index (χ0) is 14.0. The summed E-state index contributed by atoms with van der Waals surface area (Å²) in [6.07, 6.45) is 1.90. The topological polar surface area (TPSA) is 105 Å². The molecule has 0 aliphatic heterocycles. The van der Waals surface area contributed by atoms with E-state index in [2.05, 4.69) is 4.98 Å². The third kappa shape index (κ3) is 2.73. The standard InChI is InChI=1S/C11H8FN3O4/c12-8-5-15(11(19)14-9(8)16)4-7-2-1-6(3-13-7)10(17)18/h1-3,5H,4H2,(H,17,18)(H,14,16,19). The number of aromatic nitrogens is 3. The first kappa shape index (κ1) is 12.7. The highest BCUT2D eigenvalue weighted by molar-refractivity contribution is 5.87. The zero-order valence-electron chi connectivity index (χ0n) is 9.46. The summed E-state index contributed by atoms with van der Waals surface area (Å²) < 4.78 is 14.0. The van der Waals surface area contributed by atoms with Crippen molar-refractivity contribution in [2.24, 2.45) is 0 Å². The van der Waals surface area contributed by atoms with Gasteiger partial charge in [-0.25, -0.2) is 9.59 Å². The van der Waals surface area contributed by atoms with Crippen molar-refractivity contribution in [3.8, 4) is 0 Å². The monoisotopic (exact) mass is 265 g/mol. The van der Waals surface area contributed by atoms with E-state index in [1.165, 1.54) is 12.1 Å². The number of rotatable bonds is 3. The predicted molar refractivity (Wildman–Crippen MR) is 61.6 cm³/mol. The molecule has 0 bridgehead atoms. The molecule has 0 saturated carbocycles. The van der Waals surface area contributed by atoms with E-state index < -0.39 is 23.0 Å². The van der Waals surface area contributed by atoms with Crippen LogP contribution in [0.4, 0.5) is 4.39 Å². The van der Waals surface area contributed by atoms with Crippen LogP contribution in [0.25, 0.3) is 0 Å². The van der Waals surface area contributed by atoms with Gasteiger partial charge in [-0.2, -0.15) is 4.39 Å². The summed E-state index contributed by atoms with van der Waals surface area (Å²) in [5.41, 5.74) is -1.49. The number of pyridine rings is 1. The minimum absolute atomic E-state index is 0.00347. The fourth-order valence-corrected chi connectivity index (χ4v) is 1.42. The number of carboxylic acid groups (broad SMARTS) is 1. The van der Waals surface area contributed by atoms with Crippen LogP contribution in [0.1, 0.15) is 16.1 Å². The Morgan fingerprint density at radius 3 is 2.74 bits per heavy atom. The molecule has 8 heteroatoms. The lowest BCUT2D eigenvalue weighted by molar-refractivity contribution is 0.0696. The van der Waals surface area contributed by atoms with Crippen molar-refractivity contribution >= 4 is 5.97 Å². The first-order valence-electron chi connectivity index (χ1n) is 5.15. The van der Waals surface area contributed by atoms with E-state index in [1.807, 2.05) is 4.98 Å². The smallest absolute Gasteiger partial charge is 0.337 e. The zero-order valence-corrected chi connectivity index (χ0v) is 9.46. The summed E-state index contributed by atoms with van der Waals surface area (Å²) in [7, 11) is 0. The van der Waals surface area contributed by atoms with Crippen LogP contribution in [0, 0.1) is 5.82 Å². The number of aromatic amines is 1. The third-order valence-electron chi connectivity index (χ3n) is 2.37. The van der Waals surface area contributed by atoms with Crippen LogP contribution in [-0.4, -0.2) is 25.6 Å². The quantitative estimate of drug-likeness (QED) is 0.800. The number of carbonyl (C=O) groups is 1. The molecule has 0 aliphatic carbocycles. The number of nitrogens with zero attached hydrogens (tertiary/aromatic N) is 2. The second-order valence-electron chi connectivity index (χ2n) is 3.71. The molecule has 2 heterocycles. The number of H-pyrrole nitrogens is 1. The van der Waals surface area contributed by atoms with Gasteiger partial charge in [0.05, 0.1) is 24.0 Å². The van der Waals surface area contributed by atoms with Gasteiger partial charge in [-0.1, -0.05) is 0 Å². The molecule has 7 nitrogen and oxygen atoms in total. The number of aromatic carboxylic acids is 1. The van der Waals surface area contributed by atoms with Gasteiger partial charge >= 0.3 is 11.7 Å². The van der Waals surface area contributed by atoms with Gasteiger partial charge in [-0.15, -0.1) is 0 Å². The predicted octanol–water partition coefficient (Wildman–Crippen LogP) is -0.183. The first-order chi connectivity index (χ1) is 8.97. The Hall–Kier alpha value is -2.77. The second-order valence-corrected chi connectivity index (χ2v) is 3.71. The molecule has 0 spiro atoms. The van der Waals surface area contributed by atoms with Gasteiger partial charge in [0.1, 0.15) is 0 Å². The van der Waals surface area contributed by atoms with Crippen LogP contribution >= 0.6 is 0 Å². The van der Waals surface area contributed by atoms with Crippen LogP contribution in [0.2, 0.25) is 0 Å². The molecule has 0 fully saturated rings. The number of carboxylic acids is 1. The van der Waals surface area contributed by atoms with Crippen molar-refractivity contribution in [1.29, 1.82) is 0 Å². The Bertz CT molecular complexity index is 733. The molecule has 0 atom stereocenters. The molecular weight excluding hydrogens is 257 g/mol. The molecule has 0 saturated heterocycles. The van der Waals surface area contributed by atoms with Crippen LogP contribution in [-0.2, 0) is 6.54 Å². The highest BCUT2D eigenvalue weighted by Gasteiger charge is 2.06. The maximum Gasteiger partial charge on any atom is 0.337 e. The van der Waals surface area contributed by atoms with Crippen LogP contribution in [0.5, 0.6) is 0 Å². The van der Waals surface area contributed by atoms with Gasteiger partial charge in [0, 0.05) is 6.20 Å². The molecule has 98 valence electrons. The Morgan fingerprint density at radius 2 is 2.16 bits per heavy atom. The molecule has 2 rings (SSSR count). The average molecular weight is 265 g/mol. The summed E-state index contributed by atoms with van der Waals surface area (Å²) in [6.45, 7) is -0.0770. The van der Waals surface area contributed by atoms with Gasteiger partial charge in [-0.3, -0.25) is 19.3 Å². The fourth-order valence-electron chi connectivity index (χ4n) is 1.42. The van der Waals surface area contributed by atoms with Crippen molar-refractivity contribution in [1.82, 2.24) is 14.5 Å². The number of hydrogen-bond acceptors (Lipinski definition) is 4. The molecule has 19 heavy (non-hydrogen) atoms. The van der Waals surface area contributed by atoms with Crippen LogP contribution in [0.3, 0.4) is 0 Å². The third-order valence-corrected chi connectivity index (χ3v) is 2.37. The molecular formula is C11H8FN3O4. The summed E-state index contributed by atoms with van der Waals surface area (Å²) in [5.74, 6) is -2.20. The lowest BCUT2D eigenvalue weighted by atomic mass is 10.2. The van der Waals surface area contributed by atoms with Crippen molar-refractivity contribution < 1.29 is 14.3 Å². The van der Waals surface area contributed by atoms with E-state index >= 15 is 0 Å². The Kier molecular flexibility index (Phi) is 3.23. The Labute approximate surface area is 105 Å². The van der Waals surface area contributed by atoms with Gasteiger partial charge < -0.3 is 5.11 Å². The van der Waals surface area contributed by atoms with Gasteiger partial charge in [-0.05, 0) is 12.1 Å². The van der Waals surface area contributed by atoms with Crippen molar-refractivity contribution in [3.05, 3.63) is 62.4 Å². The van der Waals surface area contributed by atoms with E-state index in [-0.39, 0.29) is 12.1 Å². The van der Waals surface area contributed by atoms with Gasteiger partial charge in [0.2, 0.25) is 5.82 Å². The lowest BCUT2D eigenvalue weighted by Crippen LogP contribution is -2.31. The molecule has 0 unspecified atom stereocenters. The molecule has 0 radical (unpaired) electrons. The highest BCUT2D eigenvalue weighted by atomic mass is 19.1. The lowest BCUT2D eigenvalue weighted by Gasteiger charge is -2.04. The minimum Gasteiger partial charge on any atom is -0.478 e. The fraction of sp³-hybridized carbons (Fsp3) is 0.0909. The number of hydrogen-bond donors (Lipinski definition) is 2. The van der Waals surface area contributed by atoms with E-state index in [4.69, 9.17) is 5.11 Å². The SMILES string of the molecule is O=C(O)c1ccc(Cn2cc(F)c(=O)[nH]c2=O)nc1. The second kappa shape index (κ2) is 4.84. The minimum atomic E-state index is -1.12. The van der Waals surface area contributed by atoms with Crippen LogP contribution < -0.4 is 11.2 Å². The molecule has 2 aromatic rings. The normalized spacial score (nSPS) is 10.4. The summed E-state index contributed by atoms with van der Waals surface area (Å²) >= 11 is 0. The Balaban J connectivity index is 2.31. The largest absolute Gasteiger partial charge is 0.478 e. The van der Waals surface area contributed by atoms with E-state index in [1.54, 1.807) is 0 Å². The molecule has 0 aliphatic rings.